The second-order valence-corrected chi connectivity index (χ2v) is 5.52. The minimum atomic E-state index is -0.337. The summed E-state index contributed by atoms with van der Waals surface area (Å²) in [6.07, 6.45) is 3.35. The number of aliphatic hydroxyl groups is 1. The van der Waals surface area contributed by atoms with Gasteiger partial charge in [-0.15, -0.1) is 0 Å². The topological polar surface area (TPSA) is 23.5 Å². The minimum absolute atomic E-state index is 0.301. The molecule has 0 radical (unpaired) electrons. The van der Waals surface area contributed by atoms with Crippen LogP contribution in [0.5, 0.6) is 0 Å². The van der Waals surface area contributed by atoms with Crippen molar-refractivity contribution in [2.75, 3.05) is 19.6 Å². The van der Waals surface area contributed by atoms with E-state index in [2.05, 4.69) is 43.0 Å². The monoisotopic (exact) mass is 247 g/mol. The fraction of sp³-hybridized carbons (Fsp3) is 0.625. The highest BCUT2D eigenvalue weighted by molar-refractivity contribution is 5.24. The number of hydrogen-bond donors (Lipinski definition) is 1. The van der Waals surface area contributed by atoms with E-state index in [1.807, 2.05) is 0 Å². The third-order valence-electron chi connectivity index (χ3n) is 4.01. The van der Waals surface area contributed by atoms with E-state index in [1.165, 1.54) is 31.5 Å². The Hall–Kier alpha value is -0.860. The first-order valence-corrected chi connectivity index (χ1v) is 7.20. The lowest BCUT2D eigenvalue weighted by atomic mass is 9.96. The van der Waals surface area contributed by atoms with Crippen molar-refractivity contribution < 1.29 is 5.11 Å². The number of benzene rings is 1. The van der Waals surface area contributed by atoms with Crippen molar-refractivity contribution in [2.45, 2.75) is 39.2 Å². The molecule has 1 aromatic carbocycles. The molecule has 0 aliphatic carbocycles. The highest BCUT2D eigenvalue weighted by Gasteiger charge is 2.21. The molecule has 0 spiro atoms. The molecule has 18 heavy (non-hydrogen) atoms. The summed E-state index contributed by atoms with van der Waals surface area (Å²) in [6.45, 7) is 7.71. The molecule has 1 aromatic rings. The summed E-state index contributed by atoms with van der Waals surface area (Å²) in [5, 5.41) is 10.4. The van der Waals surface area contributed by atoms with Crippen LogP contribution in [0.15, 0.2) is 24.3 Å². The Bertz CT molecular complexity index is 354. The molecule has 1 saturated heterocycles. The van der Waals surface area contributed by atoms with Crippen molar-refractivity contribution in [3.63, 3.8) is 0 Å². The third-order valence-corrected chi connectivity index (χ3v) is 4.01. The molecule has 1 N–H and O–H groups in total. The van der Waals surface area contributed by atoms with Crippen LogP contribution in [-0.2, 0) is 6.42 Å². The summed E-state index contributed by atoms with van der Waals surface area (Å²) in [6, 6.07) is 8.40. The van der Waals surface area contributed by atoms with Gasteiger partial charge in [-0.1, -0.05) is 38.1 Å². The average Bonchev–Trinajstić information content (AvgIpc) is 2.91. The van der Waals surface area contributed by atoms with E-state index in [-0.39, 0.29) is 6.10 Å². The molecule has 0 amide bonds. The normalized spacial score (nSPS) is 19.9. The fourth-order valence-electron chi connectivity index (χ4n) is 2.75. The molecule has 2 nitrogen and oxygen atoms in total. The summed E-state index contributed by atoms with van der Waals surface area (Å²) in [5.41, 5.74) is 2.39. The SMILES string of the molecule is CCc1ccc([C@@H](O)[C@@H](C)CN2CCCC2)cc1. The molecule has 1 aliphatic heterocycles. The Morgan fingerprint density at radius 1 is 1.17 bits per heavy atom. The second-order valence-electron chi connectivity index (χ2n) is 5.52. The molecule has 0 saturated carbocycles. The van der Waals surface area contributed by atoms with E-state index in [1.54, 1.807) is 0 Å². The van der Waals surface area contributed by atoms with Gasteiger partial charge in [-0.05, 0) is 49.4 Å². The maximum atomic E-state index is 10.4. The lowest BCUT2D eigenvalue weighted by Crippen LogP contribution is -2.28. The van der Waals surface area contributed by atoms with Gasteiger partial charge in [-0.2, -0.15) is 0 Å². The van der Waals surface area contributed by atoms with Gasteiger partial charge >= 0.3 is 0 Å². The van der Waals surface area contributed by atoms with Gasteiger partial charge in [0.2, 0.25) is 0 Å². The third kappa shape index (κ3) is 3.33. The molecule has 0 bridgehead atoms. The summed E-state index contributed by atoms with van der Waals surface area (Å²) < 4.78 is 0. The number of nitrogens with zero attached hydrogens (tertiary/aromatic N) is 1. The summed E-state index contributed by atoms with van der Waals surface area (Å²) >= 11 is 0. The van der Waals surface area contributed by atoms with Crippen LogP contribution >= 0.6 is 0 Å². The van der Waals surface area contributed by atoms with Crippen LogP contribution in [0.4, 0.5) is 0 Å². The van der Waals surface area contributed by atoms with Crippen molar-refractivity contribution in [2.24, 2.45) is 5.92 Å². The van der Waals surface area contributed by atoms with Crippen LogP contribution in [0.1, 0.15) is 43.9 Å². The van der Waals surface area contributed by atoms with Gasteiger partial charge < -0.3 is 10.0 Å². The Morgan fingerprint density at radius 3 is 2.33 bits per heavy atom. The van der Waals surface area contributed by atoms with E-state index in [9.17, 15) is 5.11 Å². The standard InChI is InChI=1S/C16H25NO/c1-3-14-6-8-15(9-7-14)16(18)13(2)12-17-10-4-5-11-17/h6-9,13,16,18H,3-5,10-12H2,1-2H3/t13-,16-/m0/s1. The predicted octanol–water partition coefficient (Wildman–Crippen LogP) is 3.01. The zero-order valence-electron chi connectivity index (χ0n) is 11.6. The first-order chi connectivity index (χ1) is 8.70. The second kappa shape index (κ2) is 6.35. The largest absolute Gasteiger partial charge is 0.388 e. The fourth-order valence-corrected chi connectivity index (χ4v) is 2.75. The molecule has 1 fully saturated rings. The van der Waals surface area contributed by atoms with Crippen LogP contribution < -0.4 is 0 Å². The molecule has 100 valence electrons. The van der Waals surface area contributed by atoms with Crippen molar-refractivity contribution in [3.05, 3.63) is 35.4 Å². The molecule has 0 aromatic heterocycles. The lowest BCUT2D eigenvalue weighted by molar-refractivity contribution is 0.0945. The van der Waals surface area contributed by atoms with E-state index >= 15 is 0 Å². The molecule has 1 aliphatic rings. The molecular weight excluding hydrogens is 222 g/mol. The van der Waals surface area contributed by atoms with Crippen molar-refractivity contribution in [1.29, 1.82) is 0 Å². The first kappa shape index (κ1) is 13.6. The predicted molar refractivity (Wildman–Crippen MR) is 75.6 cm³/mol. The molecule has 1 heterocycles. The minimum Gasteiger partial charge on any atom is -0.388 e. The summed E-state index contributed by atoms with van der Waals surface area (Å²) in [4.78, 5) is 2.47. The van der Waals surface area contributed by atoms with Crippen LogP contribution in [0.25, 0.3) is 0 Å². The first-order valence-electron chi connectivity index (χ1n) is 7.20. The molecule has 2 atom stereocenters. The number of rotatable bonds is 5. The van der Waals surface area contributed by atoms with Crippen LogP contribution in [0, 0.1) is 5.92 Å². The van der Waals surface area contributed by atoms with E-state index < -0.39 is 0 Å². The van der Waals surface area contributed by atoms with E-state index in [0.29, 0.717) is 5.92 Å². The van der Waals surface area contributed by atoms with Crippen molar-refractivity contribution in [1.82, 2.24) is 4.90 Å². The Labute approximate surface area is 111 Å². The van der Waals surface area contributed by atoms with Gasteiger partial charge in [0.15, 0.2) is 0 Å². The van der Waals surface area contributed by atoms with E-state index in [0.717, 1.165) is 18.5 Å². The van der Waals surface area contributed by atoms with E-state index in [4.69, 9.17) is 0 Å². The average molecular weight is 247 g/mol. The number of hydrogen-bond acceptors (Lipinski definition) is 2. The Kier molecular flexibility index (Phi) is 4.79. The Morgan fingerprint density at radius 2 is 1.78 bits per heavy atom. The molecular formula is C16H25NO. The van der Waals surface area contributed by atoms with Gasteiger partial charge in [0.05, 0.1) is 6.10 Å². The Balaban J connectivity index is 1.93. The zero-order valence-corrected chi connectivity index (χ0v) is 11.6. The van der Waals surface area contributed by atoms with Crippen LogP contribution in [-0.4, -0.2) is 29.6 Å². The lowest BCUT2D eigenvalue weighted by Gasteiger charge is -2.24. The highest BCUT2D eigenvalue weighted by Crippen LogP contribution is 2.24. The number of aliphatic hydroxyl groups excluding tert-OH is 1. The molecule has 0 unspecified atom stereocenters. The van der Waals surface area contributed by atoms with Gasteiger partial charge in [-0.3, -0.25) is 0 Å². The van der Waals surface area contributed by atoms with Gasteiger partial charge in [0.25, 0.3) is 0 Å². The maximum absolute atomic E-state index is 10.4. The zero-order chi connectivity index (χ0) is 13.0. The summed E-state index contributed by atoms with van der Waals surface area (Å²) in [7, 11) is 0. The van der Waals surface area contributed by atoms with Gasteiger partial charge in [-0.25, -0.2) is 0 Å². The van der Waals surface area contributed by atoms with Crippen LogP contribution in [0.3, 0.4) is 0 Å². The quantitative estimate of drug-likeness (QED) is 0.864. The molecule has 2 heteroatoms. The number of likely N-dealkylation sites (tertiary alicyclic amines) is 1. The van der Waals surface area contributed by atoms with Crippen molar-refractivity contribution in [3.8, 4) is 0 Å². The number of aryl methyl sites for hydroxylation is 1. The summed E-state index contributed by atoms with van der Waals surface area (Å²) in [5.74, 6) is 0.301. The molecule has 2 rings (SSSR count). The maximum Gasteiger partial charge on any atom is 0.0827 e. The van der Waals surface area contributed by atoms with Gasteiger partial charge in [0, 0.05) is 6.54 Å². The van der Waals surface area contributed by atoms with Gasteiger partial charge in [0.1, 0.15) is 0 Å². The van der Waals surface area contributed by atoms with Crippen LogP contribution in [0.2, 0.25) is 0 Å². The highest BCUT2D eigenvalue weighted by atomic mass is 16.3. The van der Waals surface area contributed by atoms with Crippen molar-refractivity contribution >= 4 is 0 Å². The smallest absolute Gasteiger partial charge is 0.0827 e.